The average Bonchev–Trinajstić information content (AvgIpc) is 2.26. The first kappa shape index (κ1) is 13.6. The average molecular weight is 255 g/mol. The van der Waals surface area contributed by atoms with Crippen molar-refractivity contribution in [3.05, 3.63) is 28.8 Å². The van der Waals surface area contributed by atoms with Gasteiger partial charge < -0.3 is 9.47 Å². The normalized spacial score (nSPS) is 10.6. The molecule has 0 aliphatic heterocycles. The number of benzene rings is 1. The molecule has 0 saturated heterocycles. The Hall–Kier alpha value is -1.48. The molecule has 1 rings (SSSR count). The fourth-order valence-electron chi connectivity index (χ4n) is 1.36. The molecule has 0 spiro atoms. The first-order valence-corrected chi connectivity index (χ1v) is 5.65. The molecule has 92 valence electrons. The Kier molecular flexibility index (Phi) is 5.04. The highest BCUT2D eigenvalue weighted by Crippen LogP contribution is 2.36. The first-order valence-electron chi connectivity index (χ1n) is 5.27. The molecule has 0 aromatic heterocycles. The number of hydrogen-bond donors (Lipinski definition) is 0. The van der Waals surface area contributed by atoms with Gasteiger partial charge in [0.25, 0.3) is 0 Å². The topological polar surface area (TPSA) is 35.5 Å². The van der Waals surface area contributed by atoms with Crippen LogP contribution in [-0.2, 0) is 4.79 Å². The predicted octanol–water partition coefficient (Wildman–Crippen LogP) is 3.35. The molecular weight excluding hydrogens is 240 g/mol. The van der Waals surface area contributed by atoms with Crippen molar-refractivity contribution < 1.29 is 14.3 Å². The second-order valence-corrected chi connectivity index (χ2v) is 3.82. The second-order valence-electron chi connectivity index (χ2n) is 3.41. The predicted molar refractivity (Wildman–Crippen MR) is 68.9 cm³/mol. The van der Waals surface area contributed by atoms with Gasteiger partial charge in [-0.1, -0.05) is 17.7 Å². The summed E-state index contributed by atoms with van der Waals surface area (Å²) in [6, 6.07) is 3.51. The van der Waals surface area contributed by atoms with Gasteiger partial charge in [-0.2, -0.15) is 0 Å². The zero-order valence-electron chi connectivity index (χ0n) is 10.1. The summed E-state index contributed by atoms with van der Waals surface area (Å²) in [5, 5.41) is 0.460. The number of carbonyl (C=O) groups excluding carboxylic acids is 1. The van der Waals surface area contributed by atoms with E-state index in [4.69, 9.17) is 21.1 Å². The summed E-state index contributed by atoms with van der Waals surface area (Å²) in [5.41, 5.74) is 0.800. The lowest BCUT2D eigenvalue weighted by Crippen LogP contribution is -1.96. The van der Waals surface area contributed by atoms with Gasteiger partial charge in [0, 0.05) is 0 Å². The Bertz CT molecular complexity index is 439. The largest absolute Gasteiger partial charge is 0.491 e. The summed E-state index contributed by atoms with van der Waals surface area (Å²) < 4.78 is 10.6. The molecule has 0 saturated carbocycles. The van der Waals surface area contributed by atoms with E-state index in [1.807, 2.05) is 6.92 Å². The smallest absolute Gasteiger partial charge is 0.179 e. The molecule has 3 nitrogen and oxygen atoms in total. The Morgan fingerprint density at radius 2 is 2.18 bits per heavy atom. The van der Waals surface area contributed by atoms with E-state index in [1.54, 1.807) is 18.2 Å². The third-order valence-corrected chi connectivity index (χ3v) is 2.33. The van der Waals surface area contributed by atoms with E-state index in [1.165, 1.54) is 20.1 Å². The number of rotatable bonds is 5. The summed E-state index contributed by atoms with van der Waals surface area (Å²) in [7, 11) is 1.54. The fourth-order valence-corrected chi connectivity index (χ4v) is 1.66. The number of ether oxygens (including phenoxy) is 2. The molecule has 1 aromatic carbocycles. The maximum absolute atomic E-state index is 10.9. The number of ketones is 1. The summed E-state index contributed by atoms with van der Waals surface area (Å²) in [5.74, 6) is 1.06. The molecule has 0 fully saturated rings. The summed E-state index contributed by atoms with van der Waals surface area (Å²) >= 11 is 6.06. The molecule has 1 aromatic rings. The van der Waals surface area contributed by atoms with E-state index in [0.717, 1.165) is 5.56 Å². The Labute approximate surface area is 106 Å². The van der Waals surface area contributed by atoms with Crippen LogP contribution in [-0.4, -0.2) is 19.5 Å². The number of halogens is 1. The minimum absolute atomic E-state index is 0.0186. The van der Waals surface area contributed by atoms with Crippen molar-refractivity contribution in [1.29, 1.82) is 0 Å². The summed E-state index contributed by atoms with van der Waals surface area (Å²) in [4.78, 5) is 10.9. The zero-order chi connectivity index (χ0) is 12.8. The number of allylic oxidation sites excluding steroid dienone is 1. The van der Waals surface area contributed by atoms with E-state index in [2.05, 4.69) is 0 Å². The van der Waals surface area contributed by atoms with Crippen LogP contribution in [0, 0.1) is 0 Å². The maximum atomic E-state index is 10.9. The molecule has 0 aliphatic rings. The molecule has 0 unspecified atom stereocenters. The Morgan fingerprint density at radius 1 is 1.47 bits per heavy atom. The lowest BCUT2D eigenvalue weighted by Gasteiger charge is -2.11. The third kappa shape index (κ3) is 3.79. The van der Waals surface area contributed by atoms with Gasteiger partial charge in [0.15, 0.2) is 17.3 Å². The van der Waals surface area contributed by atoms with E-state index in [0.29, 0.717) is 23.1 Å². The van der Waals surface area contributed by atoms with Gasteiger partial charge in [-0.15, -0.1) is 0 Å². The van der Waals surface area contributed by atoms with Gasteiger partial charge in [0.2, 0.25) is 0 Å². The molecule has 0 aliphatic carbocycles. The van der Waals surface area contributed by atoms with Gasteiger partial charge in [0.1, 0.15) is 0 Å². The monoisotopic (exact) mass is 254 g/mol. The number of hydrogen-bond acceptors (Lipinski definition) is 3. The van der Waals surface area contributed by atoms with Gasteiger partial charge in [-0.3, -0.25) is 4.79 Å². The van der Waals surface area contributed by atoms with Crippen molar-refractivity contribution >= 4 is 23.5 Å². The molecule has 0 N–H and O–H groups in total. The van der Waals surface area contributed by atoms with Crippen molar-refractivity contribution in [1.82, 2.24) is 0 Å². The van der Waals surface area contributed by atoms with Gasteiger partial charge in [0.05, 0.1) is 18.7 Å². The Balaban J connectivity index is 3.14. The molecule has 0 radical (unpaired) electrons. The summed E-state index contributed by atoms with van der Waals surface area (Å²) in [6.07, 6.45) is 3.17. The molecule has 0 atom stereocenters. The lowest BCUT2D eigenvalue weighted by molar-refractivity contribution is -0.112. The minimum Gasteiger partial charge on any atom is -0.491 e. The van der Waals surface area contributed by atoms with Crippen LogP contribution in [0.4, 0.5) is 0 Å². The van der Waals surface area contributed by atoms with Crippen LogP contribution in [0.1, 0.15) is 19.4 Å². The van der Waals surface area contributed by atoms with Crippen molar-refractivity contribution in [2.45, 2.75) is 13.8 Å². The van der Waals surface area contributed by atoms with Crippen LogP contribution in [0.25, 0.3) is 6.08 Å². The fraction of sp³-hybridized carbons (Fsp3) is 0.308. The summed E-state index contributed by atoms with van der Waals surface area (Å²) in [6.45, 7) is 3.89. The van der Waals surface area contributed by atoms with Crippen molar-refractivity contribution in [2.75, 3.05) is 13.7 Å². The molecule has 0 heterocycles. The highest BCUT2D eigenvalue weighted by molar-refractivity contribution is 6.32. The SMILES string of the molecule is CCOc1cc(C=CC(C)=O)cc(Cl)c1OC. The first-order chi connectivity index (χ1) is 8.08. The Morgan fingerprint density at radius 3 is 2.71 bits per heavy atom. The third-order valence-electron chi connectivity index (χ3n) is 2.05. The zero-order valence-corrected chi connectivity index (χ0v) is 10.9. The van der Waals surface area contributed by atoms with Crippen LogP contribution in [0.2, 0.25) is 5.02 Å². The molecule has 0 bridgehead atoms. The van der Waals surface area contributed by atoms with Crippen molar-refractivity contribution in [3.8, 4) is 11.5 Å². The van der Waals surface area contributed by atoms with Crippen LogP contribution < -0.4 is 9.47 Å². The highest BCUT2D eigenvalue weighted by Gasteiger charge is 2.10. The van der Waals surface area contributed by atoms with Crippen LogP contribution in [0.15, 0.2) is 18.2 Å². The molecular formula is C13H15ClO3. The van der Waals surface area contributed by atoms with Gasteiger partial charge >= 0.3 is 0 Å². The van der Waals surface area contributed by atoms with E-state index in [-0.39, 0.29) is 5.78 Å². The minimum atomic E-state index is -0.0186. The lowest BCUT2D eigenvalue weighted by atomic mass is 10.1. The molecule has 0 amide bonds. The number of carbonyl (C=O) groups is 1. The van der Waals surface area contributed by atoms with E-state index < -0.39 is 0 Å². The van der Waals surface area contributed by atoms with E-state index in [9.17, 15) is 4.79 Å². The van der Waals surface area contributed by atoms with Crippen molar-refractivity contribution in [2.24, 2.45) is 0 Å². The van der Waals surface area contributed by atoms with Gasteiger partial charge in [-0.25, -0.2) is 0 Å². The van der Waals surface area contributed by atoms with Gasteiger partial charge in [-0.05, 0) is 37.6 Å². The molecule has 4 heteroatoms. The second kappa shape index (κ2) is 6.30. The highest BCUT2D eigenvalue weighted by atomic mass is 35.5. The standard InChI is InChI=1S/C13H15ClO3/c1-4-17-12-8-10(6-5-9(2)15)7-11(14)13(12)16-3/h5-8H,4H2,1-3H3. The quantitative estimate of drug-likeness (QED) is 0.756. The van der Waals surface area contributed by atoms with Crippen LogP contribution in [0.5, 0.6) is 11.5 Å². The van der Waals surface area contributed by atoms with Crippen molar-refractivity contribution in [3.63, 3.8) is 0 Å². The number of methoxy groups -OCH3 is 1. The van der Waals surface area contributed by atoms with Crippen LogP contribution >= 0.6 is 11.6 Å². The van der Waals surface area contributed by atoms with E-state index >= 15 is 0 Å². The molecule has 17 heavy (non-hydrogen) atoms. The maximum Gasteiger partial charge on any atom is 0.179 e. The van der Waals surface area contributed by atoms with Crippen LogP contribution in [0.3, 0.4) is 0 Å².